The van der Waals surface area contributed by atoms with Gasteiger partial charge in [0.05, 0.1) is 23.9 Å². The number of anilines is 1. The van der Waals surface area contributed by atoms with Crippen LogP contribution in [0.5, 0.6) is 0 Å². The Balaban J connectivity index is 1.88. The fourth-order valence-electron chi connectivity index (χ4n) is 3.38. The minimum absolute atomic E-state index is 0.139. The normalized spacial score (nSPS) is 25.8. The van der Waals surface area contributed by atoms with Crippen molar-refractivity contribution in [3.8, 4) is 0 Å². The molecule has 0 spiro atoms. The van der Waals surface area contributed by atoms with Crippen molar-refractivity contribution < 1.29 is 9.84 Å². The Morgan fingerprint density at radius 1 is 1.50 bits per heavy atom. The van der Waals surface area contributed by atoms with E-state index in [9.17, 15) is 5.11 Å². The van der Waals surface area contributed by atoms with Gasteiger partial charge in [0, 0.05) is 29.2 Å². The van der Waals surface area contributed by atoms with Crippen LogP contribution >= 0.6 is 15.9 Å². The SMILES string of the molecule is COC[C@H](C)Nc1ncc2c(Br)cc([C@H]3CC[C@@](C)(O)CC3)n2n1. The van der Waals surface area contributed by atoms with E-state index in [1.165, 1.54) is 5.69 Å². The van der Waals surface area contributed by atoms with Crippen molar-refractivity contribution >= 4 is 27.4 Å². The van der Waals surface area contributed by atoms with Gasteiger partial charge >= 0.3 is 0 Å². The van der Waals surface area contributed by atoms with Gasteiger partial charge in [-0.25, -0.2) is 9.50 Å². The smallest absolute Gasteiger partial charge is 0.241 e. The summed E-state index contributed by atoms with van der Waals surface area (Å²) in [5, 5.41) is 18.1. The highest BCUT2D eigenvalue weighted by Crippen LogP contribution is 2.39. The fourth-order valence-corrected chi connectivity index (χ4v) is 3.89. The van der Waals surface area contributed by atoms with Gasteiger partial charge in [-0.1, -0.05) is 0 Å². The highest BCUT2D eigenvalue weighted by Gasteiger charge is 2.31. The van der Waals surface area contributed by atoms with Crippen LogP contribution in [0.4, 0.5) is 5.95 Å². The Morgan fingerprint density at radius 3 is 2.88 bits per heavy atom. The summed E-state index contributed by atoms with van der Waals surface area (Å²) in [5.41, 5.74) is 1.61. The third-order valence-corrected chi connectivity index (χ3v) is 5.40. The summed E-state index contributed by atoms with van der Waals surface area (Å²) in [6.45, 7) is 4.56. The van der Waals surface area contributed by atoms with E-state index < -0.39 is 5.60 Å². The molecular weight excluding hydrogens is 372 g/mol. The second-order valence-corrected chi connectivity index (χ2v) is 7.92. The van der Waals surface area contributed by atoms with Crippen molar-refractivity contribution in [1.29, 1.82) is 0 Å². The molecule has 1 atom stereocenters. The summed E-state index contributed by atoms with van der Waals surface area (Å²) in [6.07, 6.45) is 5.42. The van der Waals surface area contributed by atoms with Gasteiger partial charge in [-0.05, 0) is 61.5 Å². The van der Waals surface area contributed by atoms with Gasteiger partial charge in [0.25, 0.3) is 0 Å². The molecule has 0 aromatic carbocycles. The van der Waals surface area contributed by atoms with Gasteiger partial charge < -0.3 is 15.2 Å². The number of hydrogen-bond acceptors (Lipinski definition) is 5. The molecule has 3 rings (SSSR count). The molecule has 0 bridgehead atoms. The van der Waals surface area contributed by atoms with Crippen LogP contribution in [0.25, 0.3) is 5.52 Å². The predicted molar refractivity (Wildman–Crippen MR) is 97.5 cm³/mol. The molecule has 6 nitrogen and oxygen atoms in total. The van der Waals surface area contributed by atoms with Gasteiger partial charge in [-0.2, -0.15) is 0 Å². The van der Waals surface area contributed by atoms with E-state index in [1.54, 1.807) is 7.11 Å². The highest BCUT2D eigenvalue weighted by atomic mass is 79.9. The van der Waals surface area contributed by atoms with Crippen molar-refractivity contribution in [3.63, 3.8) is 0 Å². The van der Waals surface area contributed by atoms with Crippen LogP contribution in [0, 0.1) is 0 Å². The lowest BCUT2D eigenvalue weighted by Crippen LogP contribution is -2.30. The molecule has 0 unspecified atom stereocenters. The first-order chi connectivity index (χ1) is 11.4. The molecule has 24 heavy (non-hydrogen) atoms. The maximum atomic E-state index is 10.2. The number of methoxy groups -OCH3 is 1. The van der Waals surface area contributed by atoms with Crippen LogP contribution in [-0.2, 0) is 4.74 Å². The summed E-state index contributed by atoms with van der Waals surface area (Å²) in [6, 6.07) is 2.27. The van der Waals surface area contributed by atoms with Crippen LogP contribution in [0.3, 0.4) is 0 Å². The third kappa shape index (κ3) is 3.73. The Morgan fingerprint density at radius 2 is 2.21 bits per heavy atom. The summed E-state index contributed by atoms with van der Waals surface area (Å²) >= 11 is 3.62. The summed E-state index contributed by atoms with van der Waals surface area (Å²) in [7, 11) is 1.68. The van der Waals surface area contributed by atoms with E-state index >= 15 is 0 Å². The molecule has 1 saturated carbocycles. The third-order valence-electron chi connectivity index (χ3n) is 4.77. The summed E-state index contributed by atoms with van der Waals surface area (Å²) < 4.78 is 8.13. The zero-order valence-electron chi connectivity index (χ0n) is 14.4. The first-order valence-corrected chi connectivity index (χ1v) is 9.21. The first kappa shape index (κ1) is 17.6. The van der Waals surface area contributed by atoms with Crippen LogP contribution in [-0.4, -0.2) is 45.1 Å². The Kier molecular flexibility index (Phi) is 5.13. The number of aliphatic hydroxyl groups is 1. The molecule has 1 aliphatic rings. The molecule has 132 valence electrons. The maximum absolute atomic E-state index is 10.2. The second-order valence-electron chi connectivity index (χ2n) is 7.07. The number of fused-ring (bicyclic) bond motifs is 1. The number of ether oxygens (including phenoxy) is 1. The van der Waals surface area contributed by atoms with Crippen molar-refractivity contribution in [2.24, 2.45) is 0 Å². The van der Waals surface area contributed by atoms with Crippen LogP contribution in [0.2, 0.25) is 0 Å². The van der Waals surface area contributed by atoms with E-state index in [-0.39, 0.29) is 6.04 Å². The largest absolute Gasteiger partial charge is 0.390 e. The van der Waals surface area contributed by atoms with E-state index in [4.69, 9.17) is 4.74 Å². The topological polar surface area (TPSA) is 71.7 Å². The van der Waals surface area contributed by atoms with Crippen molar-refractivity contribution in [3.05, 3.63) is 22.4 Å². The molecule has 0 amide bonds. The van der Waals surface area contributed by atoms with Gasteiger partial charge in [0.15, 0.2) is 0 Å². The van der Waals surface area contributed by atoms with Crippen molar-refractivity contribution in [2.45, 2.75) is 57.1 Å². The molecule has 2 N–H and O–H groups in total. The lowest BCUT2D eigenvalue weighted by atomic mass is 9.79. The minimum Gasteiger partial charge on any atom is -0.390 e. The van der Waals surface area contributed by atoms with Crippen LogP contribution < -0.4 is 5.32 Å². The van der Waals surface area contributed by atoms with Gasteiger partial charge in [-0.15, -0.1) is 5.10 Å². The van der Waals surface area contributed by atoms with Gasteiger partial charge in [-0.3, -0.25) is 0 Å². The summed E-state index contributed by atoms with van der Waals surface area (Å²) in [4.78, 5) is 4.40. The van der Waals surface area contributed by atoms with E-state index in [1.807, 2.05) is 24.6 Å². The number of aromatic nitrogens is 3. The maximum Gasteiger partial charge on any atom is 0.241 e. The molecule has 2 heterocycles. The average Bonchev–Trinajstić information content (AvgIpc) is 2.84. The molecule has 2 aromatic rings. The molecular formula is C17H25BrN4O2. The average molecular weight is 397 g/mol. The van der Waals surface area contributed by atoms with E-state index in [2.05, 4.69) is 37.4 Å². The molecule has 0 aliphatic heterocycles. The quantitative estimate of drug-likeness (QED) is 0.810. The Labute approximate surface area is 150 Å². The van der Waals surface area contributed by atoms with Gasteiger partial charge in [0.2, 0.25) is 5.95 Å². The molecule has 0 radical (unpaired) electrons. The predicted octanol–water partition coefficient (Wildman–Crippen LogP) is 3.35. The molecule has 2 aromatic heterocycles. The lowest BCUT2D eigenvalue weighted by Gasteiger charge is -2.32. The second kappa shape index (κ2) is 6.98. The number of nitrogens with one attached hydrogen (secondary N) is 1. The number of rotatable bonds is 5. The van der Waals surface area contributed by atoms with Crippen LogP contribution in [0.1, 0.15) is 51.1 Å². The molecule has 7 heteroatoms. The number of nitrogens with zero attached hydrogens (tertiary/aromatic N) is 3. The standard InChI is InChI=1S/C17H25BrN4O2/c1-11(10-24-3)20-16-19-9-15-13(18)8-14(22(15)21-16)12-4-6-17(2,23)7-5-12/h8-9,11-12,23H,4-7,10H2,1-3H3,(H,20,21)/t11-,12-,17+/m0/s1. The highest BCUT2D eigenvalue weighted by molar-refractivity contribution is 9.10. The lowest BCUT2D eigenvalue weighted by molar-refractivity contribution is 0.0167. The molecule has 1 fully saturated rings. The first-order valence-electron chi connectivity index (χ1n) is 8.41. The minimum atomic E-state index is -0.530. The monoisotopic (exact) mass is 396 g/mol. The van der Waals surface area contributed by atoms with Crippen molar-refractivity contribution in [1.82, 2.24) is 14.6 Å². The molecule has 1 aliphatic carbocycles. The van der Waals surface area contributed by atoms with E-state index in [0.29, 0.717) is 18.5 Å². The molecule has 0 saturated heterocycles. The number of hydrogen-bond donors (Lipinski definition) is 2. The summed E-state index contributed by atoms with van der Waals surface area (Å²) in [5.74, 6) is 1.00. The number of halogens is 1. The van der Waals surface area contributed by atoms with Crippen molar-refractivity contribution in [2.75, 3.05) is 19.0 Å². The Bertz CT molecular complexity index is 706. The fraction of sp³-hybridized carbons (Fsp3) is 0.647. The zero-order chi connectivity index (χ0) is 17.3. The van der Waals surface area contributed by atoms with Crippen LogP contribution in [0.15, 0.2) is 16.7 Å². The van der Waals surface area contributed by atoms with E-state index in [0.717, 1.165) is 35.7 Å². The van der Waals surface area contributed by atoms with Gasteiger partial charge in [0.1, 0.15) is 0 Å². The Hall–Kier alpha value is -1.18. The zero-order valence-corrected chi connectivity index (χ0v) is 16.0.